The van der Waals surface area contributed by atoms with Crippen molar-refractivity contribution in [2.24, 2.45) is 0 Å². The normalized spacial score (nSPS) is 12.3. The average molecular weight is 351 g/mol. The number of alkyl halides is 3. The Bertz CT molecular complexity index is 695. The van der Waals surface area contributed by atoms with E-state index in [4.69, 9.17) is 0 Å². The van der Waals surface area contributed by atoms with Crippen LogP contribution in [-0.2, 0) is 16.4 Å². The minimum atomic E-state index is -4.81. The van der Waals surface area contributed by atoms with Gasteiger partial charge in [-0.05, 0) is 53.1 Å². The van der Waals surface area contributed by atoms with E-state index in [1.165, 1.54) is 11.3 Å². The Morgan fingerprint density at radius 3 is 2.36 bits per heavy atom. The lowest BCUT2D eigenvalue weighted by atomic mass is 10.2. The Balaban J connectivity index is 1.97. The van der Waals surface area contributed by atoms with Crippen LogP contribution in [0.5, 0.6) is 5.75 Å². The van der Waals surface area contributed by atoms with Crippen LogP contribution in [0, 0.1) is 0 Å². The summed E-state index contributed by atoms with van der Waals surface area (Å²) >= 11 is 1.52. The third-order valence-corrected chi connectivity index (χ3v) is 4.86. The highest BCUT2D eigenvalue weighted by molar-refractivity contribution is 7.89. The minimum Gasteiger partial charge on any atom is -0.406 e. The van der Waals surface area contributed by atoms with Crippen molar-refractivity contribution in [1.82, 2.24) is 4.72 Å². The number of thiophene rings is 1. The van der Waals surface area contributed by atoms with Crippen LogP contribution in [0.3, 0.4) is 0 Å². The number of ether oxygens (including phenoxy) is 1. The summed E-state index contributed by atoms with van der Waals surface area (Å²) in [5.41, 5.74) is 1.02. The van der Waals surface area contributed by atoms with E-state index in [-0.39, 0.29) is 11.4 Å². The van der Waals surface area contributed by atoms with Gasteiger partial charge in [0.05, 0.1) is 4.90 Å². The largest absolute Gasteiger partial charge is 0.573 e. The van der Waals surface area contributed by atoms with Crippen LogP contribution < -0.4 is 9.46 Å². The molecule has 1 N–H and O–H groups in total. The molecule has 1 aromatic carbocycles. The summed E-state index contributed by atoms with van der Waals surface area (Å²) in [4.78, 5) is -0.118. The molecule has 9 heteroatoms. The number of halogens is 3. The minimum absolute atomic E-state index is 0.118. The van der Waals surface area contributed by atoms with E-state index in [1.54, 1.807) is 0 Å². The second-order valence-electron chi connectivity index (χ2n) is 4.30. The van der Waals surface area contributed by atoms with Gasteiger partial charge in [0.15, 0.2) is 0 Å². The highest BCUT2D eigenvalue weighted by Crippen LogP contribution is 2.23. The predicted octanol–water partition coefficient (Wildman–Crippen LogP) is 3.17. The van der Waals surface area contributed by atoms with Gasteiger partial charge in [-0.1, -0.05) is 0 Å². The first kappa shape index (κ1) is 16.8. The first-order valence-corrected chi connectivity index (χ1v) is 8.55. The molecule has 0 aliphatic heterocycles. The average Bonchev–Trinajstić information content (AvgIpc) is 2.90. The van der Waals surface area contributed by atoms with Crippen molar-refractivity contribution in [1.29, 1.82) is 0 Å². The summed E-state index contributed by atoms with van der Waals surface area (Å²) in [7, 11) is -3.76. The van der Waals surface area contributed by atoms with E-state index in [0.717, 1.165) is 29.8 Å². The Morgan fingerprint density at radius 2 is 1.82 bits per heavy atom. The highest BCUT2D eigenvalue weighted by Gasteiger charge is 2.31. The summed E-state index contributed by atoms with van der Waals surface area (Å²) in [5.74, 6) is -0.468. The lowest BCUT2D eigenvalue weighted by molar-refractivity contribution is -0.274. The summed E-state index contributed by atoms with van der Waals surface area (Å²) in [6.07, 6.45) is -4.27. The van der Waals surface area contributed by atoms with Gasteiger partial charge in [-0.2, -0.15) is 11.3 Å². The fourth-order valence-corrected chi connectivity index (χ4v) is 3.40. The maximum absolute atomic E-state index is 12.0. The molecule has 0 fully saturated rings. The van der Waals surface area contributed by atoms with Crippen LogP contribution in [0.1, 0.15) is 5.56 Å². The zero-order chi connectivity index (χ0) is 16.2. The summed E-state index contributed by atoms with van der Waals surface area (Å²) in [5, 5.41) is 3.81. The molecule has 0 unspecified atom stereocenters. The number of hydrogen-bond donors (Lipinski definition) is 1. The third kappa shape index (κ3) is 5.00. The van der Waals surface area contributed by atoms with Gasteiger partial charge in [0, 0.05) is 6.54 Å². The summed E-state index contributed by atoms with van der Waals surface area (Å²) < 4.78 is 66.1. The molecule has 0 radical (unpaired) electrons. The Morgan fingerprint density at radius 1 is 1.14 bits per heavy atom. The number of rotatable bonds is 6. The molecular weight excluding hydrogens is 339 g/mol. The summed E-state index contributed by atoms with van der Waals surface area (Å²) in [6, 6.07) is 5.94. The van der Waals surface area contributed by atoms with E-state index in [2.05, 4.69) is 9.46 Å². The molecule has 0 aliphatic carbocycles. The number of nitrogens with one attached hydrogen (secondary N) is 1. The SMILES string of the molecule is O=S(=O)(NCCc1ccsc1)c1ccc(OC(F)(F)F)cc1. The highest BCUT2D eigenvalue weighted by atomic mass is 32.2. The monoisotopic (exact) mass is 351 g/mol. The van der Waals surface area contributed by atoms with Crippen molar-refractivity contribution >= 4 is 21.4 Å². The van der Waals surface area contributed by atoms with Crippen LogP contribution in [0.2, 0.25) is 0 Å². The van der Waals surface area contributed by atoms with Crippen LogP contribution in [0.4, 0.5) is 13.2 Å². The van der Waals surface area contributed by atoms with Crippen molar-refractivity contribution in [2.45, 2.75) is 17.7 Å². The molecule has 0 bridgehead atoms. The second kappa shape index (κ2) is 6.67. The molecule has 0 aliphatic rings. The zero-order valence-electron chi connectivity index (χ0n) is 11.1. The Kier molecular flexibility index (Phi) is 5.09. The third-order valence-electron chi connectivity index (χ3n) is 2.65. The summed E-state index contributed by atoms with van der Waals surface area (Å²) in [6.45, 7) is 0.208. The molecule has 0 spiro atoms. The van der Waals surface area contributed by atoms with E-state index in [9.17, 15) is 21.6 Å². The zero-order valence-corrected chi connectivity index (χ0v) is 12.8. The number of benzene rings is 1. The first-order valence-electron chi connectivity index (χ1n) is 6.13. The first-order chi connectivity index (χ1) is 10.3. The quantitative estimate of drug-likeness (QED) is 0.870. The lowest BCUT2D eigenvalue weighted by Crippen LogP contribution is -2.26. The molecule has 22 heavy (non-hydrogen) atoms. The molecule has 120 valence electrons. The molecular formula is C13H12F3NO3S2. The molecule has 2 rings (SSSR count). The van der Waals surface area contributed by atoms with Gasteiger partial charge in [0.2, 0.25) is 10.0 Å². The molecule has 0 amide bonds. The molecule has 2 aromatic rings. The maximum atomic E-state index is 12.0. The van der Waals surface area contributed by atoms with Gasteiger partial charge in [0.1, 0.15) is 5.75 Å². The fourth-order valence-electron chi connectivity index (χ4n) is 1.67. The molecule has 1 heterocycles. The van der Waals surface area contributed by atoms with Gasteiger partial charge in [0.25, 0.3) is 0 Å². The maximum Gasteiger partial charge on any atom is 0.573 e. The van der Waals surface area contributed by atoms with Crippen LogP contribution in [-0.4, -0.2) is 21.3 Å². The van der Waals surface area contributed by atoms with Crippen molar-refractivity contribution in [3.8, 4) is 5.75 Å². The Hall–Kier alpha value is -1.58. The van der Waals surface area contributed by atoms with Crippen molar-refractivity contribution in [3.05, 3.63) is 46.7 Å². The van der Waals surface area contributed by atoms with Crippen molar-refractivity contribution < 1.29 is 26.3 Å². The van der Waals surface area contributed by atoms with Gasteiger partial charge in [-0.15, -0.1) is 13.2 Å². The molecule has 0 atom stereocenters. The van der Waals surface area contributed by atoms with Crippen LogP contribution in [0.15, 0.2) is 46.0 Å². The number of hydrogen-bond acceptors (Lipinski definition) is 4. The fraction of sp³-hybridized carbons (Fsp3) is 0.231. The topological polar surface area (TPSA) is 55.4 Å². The van der Waals surface area contributed by atoms with Gasteiger partial charge in [-0.25, -0.2) is 13.1 Å². The standard InChI is InChI=1S/C13H12F3NO3S2/c14-13(15,16)20-11-1-3-12(4-2-11)22(18,19)17-7-5-10-6-8-21-9-10/h1-4,6,8-9,17H,5,7H2. The second-order valence-corrected chi connectivity index (χ2v) is 6.85. The van der Waals surface area contributed by atoms with Crippen LogP contribution >= 0.6 is 11.3 Å². The van der Waals surface area contributed by atoms with Gasteiger partial charge >= 0.3 is 6.36 Å². The van der Waals surface area contributed by atoms with E-state index in [1.807, 2.05) is 16.8 Å². The lowest BCUT2D eigenvalue weighted by Gasteiger charge is -2.10. The Labute approximate surface area is 129 Å². The van der Waals surface area contributed by atoms with Crippen LogP contribution in [0.25, 0.3) is 0 Å². The molecule has 4 nitrogen and oxygen atoms in total. The van der Waals surface area contributed by atoms with E-state index in [0.29, 0.717) is 6.42 Å². The molecule has 0 saturated carbocycles. The van der Waals surface area contributed by atoms with E-state index >= 15 is 0 Å². The van der Waals surface area contributed by atoms with Crippen molar-refractivity contribution in [2.75, 3.05) is 6.54 Å². The smallest absolute Gasteiger partial charge is 0.406 e. The predicted molar refractivity (Wildman–Crippen MR) is 76.3 cm³/mol. The van der Waals surface area contributed by atoms with E-state index < -0.39 is 22.1 Å². The molecule has 0 saturated heterocycles. The van der Waals surface area contributed by atoms with Crippen molar-refractivity contribution in [3.63, 3.8) is 0 Å². The molecule has 1 aromatic heterocycles. The van der Waals surface area contributed by atoms with Gasteiger partial charge < -0.3 is 4.74 Å². The van der Waals surface area contributed by atoms with Gasteiger partial charge in [-0.3, -0.25) is 0 Å². The number of sulfonamides is 1.